The molecule has 2 nitrogen and oxygen atoms in total. The summed E-state index contributed by atoms with van der Waals surface area (Å²) in [5, 5.41) is 11.1. The SMILES string of the molecule is CC1(C)CC(c2cnc3ccccc3c2)=CC(O)C1. The summed E-state index contributed by atoms with van der Waals surface area (Å²) >= 11 is 0. The molecule has 0 saturated carbocycles. The van der Waals surface area contributed by atoms with Gasteiger partial charge >= 0.3 is 0 Å². The Morgan fingerprint density at radius 2 is 2.05 bits per heavy atom. The highest BCUT2D eigenvalue weighted by molar-refractivity contribution is 5.82. The molecule has 1 aromatic heterocycles. The Hall–Kier alpha value is -1.67. The standard InChI is InChI=1S/C17H19NO/c1-17(2)9-13(8-15(19)10-17)14-7-12-5-3-4-6-16(12)18-11-14/h3-8,11,15,19H,9-10H2,1-2H3. The highest BCUT2D eigenvalue weighted by atomic mass is 16.3. The zero-order chi connectivity index (χ0) is 13.5. The van der Waals surface area contributed by atoms with E-state index < -0.39 is 0 Å². The second-order valence-corrected chi connectivity index (χ2v) is 6.22. The fourth-order valence-corrected chi connectivity index (χ4v) is 2.95. The average molecular weight is 253 g/mol. The number of para-hydroxylation sites is 1. The van der Waals surface area contributed by atoms with Crippen molar-refractivity contribution in [3.05, 3.63) is 48.2 Å². The number of aliphatic hydroxyl groups excluding tert-OH is 1. The van der Waals surface area contributed by atoms with Gasteiger partial charge in [0.2, 0.25) is 0 Å². The maximum atomic E-state index is 9.99. The first kappa shape index (κ1) is 12.4. The summed E-state index contributed by atoms with van der Waals surface area (Å²) in [6.07, 6.45) is 5.38. The summed E-state index contributed by atoms with van der Waals surface area (Å²) in [6.45, 7) is 4.41. The lowest BCUT2D eigenvalue weighted by Gasteiger charge is -2.32. The van der Waals surface area contributed by atoms with E-state index in [2.05, 4.69) is 31.0 Å². The van der Waals surface area contributed by atoms with Crippen LogP contribution in [0.5, 0.6) is 0 Å². The van der Waals surface area contributed by atoms with E-state index in [0.29, 0.717) is 0 Å². The second kappa shape index (κ2) is 4.46. The summed E-state index contributed by atoms with van der Waals surface area (Å²) in [7, 11) is 0. The molecular weight excluding hydrogens is 234 g/mol. The third-order valence-electron chi connectivity index (χ3n) is 3.79. The predicted molar refractivity (Wildman–Crippen MR) is 78.7 cm³/mol. The molecule has 19 heavy (non-hydrogen) atoms. The lowest BCUT2D eigenvalue weighted by molar-refractivity contribution is 0.146. The van der Waals surface area contributed by atoms with E-state index >= 15 is 0 Å². The number of hydrogen-bond donors (Lipinski definition) is 1. The molecule has 2 aromatic rings. The molecule has 1 heterocycles. The number of hydrogen-bond acceptors (Lipinski definition) is 2. The van der Waals surface area contributed by atoms with Crippen molar-refractivity contribution in [2.45, 2.75) is 32.8 Å². The first-order chi connectivity index (χ1) is 9.03. The summed E-state index contributed by atoms with van der Waals surface area (Å²) < 4.78 is 0. The van der Waals surface area contributed by atoms with Crippen molar-refractivity contribution in [2.24, 2.45) is 5.41 Å². The van der Waals surface area contributed by atoms with E-state index in [0.717, 1.165) is 29.3 Å². The minimum atomic E-state index is -0.342. The number of aliphatic hydroxyl groups is 1. The van der Waals surface area contributed by atoms with Crippen LogP contribution in [0.3, 0.4) is 0 Å². The molecule has 1 unspecified atom stereocenters. The normalized spacial score (nSPS) is 22.3. The smallest absolute Gasteiger partial charge is 0.0732 e. The van der Waals surface area contributed by atoms with Crippen LogP contribution in [0, 0.1) is 5.41 Å². The lowest BCUT2D eigenvalue weighted by Crippen LogP contribution is -2.24. The first-order valence-corrected chi connectivity index (χ1v) is 6.77. The molecule has 0 radical (unpaired) electrons. The van der Waals surface area contributed by atoms with Crippen molar-refractivity contribution in [3.63, 3.8) is 0 Å². The van der Waals surface area contributed by atoms with Crippen LogP contribution in [-0.4, -0.2) is 16.2 Å². The quantitative estimate of drug-likeness (QED) is 0.838. The van der Waals surface area contributed by atoms with Crippen LogP contribution in [-0.2, 0) is 0 Å². The molecule has 0 aliphatic heterocycles. The van der Waals surface area contributed by atoms with Gasteiger partial charge in [-0.2, -0.15) is 0 Å². The summed E-state index contributed by atoms with van der Waals surface area (Å²) in [6, 6.07) is 10.3. The number of rotatable bonds is 1. The number of benzene rings is 1. The van der Waals surface area contributed by atoms with E-state index in [1.807, 2.05) is 30.5 Å². The van der Waals surface area contributed by atoms with Crippen LogP contribution in [0.25, 0.3) is 16.5 Å². The van der Waals surface area contributed by atoms with Crippen molar-refractivity contribution in [1.29, 1.82) is 0 Å². The fourth-order valence-electron chi connectivity index (χ4n) is 2.95. The molecular formula is C17H19NO. The maximum Gasteiger partial charge on any atom is 0.0732 e. The topological polar surface area (TPSA) is 33.1 Å². The molecule has 0 spiro atoms. The Balaban J connectivity index is 2.04. The van der Waals surface area contributed by atoms with Gasteiger partial charge in [-0.05, 0) is 41.5 Å². The van der Waals surface area contributed by atoms with Crippen molar-refractivity contribution in [1.82, 2.24) is 4.98 Å². The Labute approximate surface area is 113 Å². The maximum absolute atomic E-state index is 9.99. The molecule has 0 amide bonds. The number of aromatic nitrogens is 1. The zero-order valence-electron chi connectivity index (χ0n) is 11.4. The molecule has 1 aromatic carbocycles. The van der Waals surface area contributed by atoms with Crippen LogP contribution in [0.4, 0.5) is 0 Å². The minimum Gasteiger partial charge on any atom is -0.389 e. The number of allylic oxidation sites excluding steroid dienone is 1. The minimum absolute atomic E-state index is 0.148. The van der Waals surface area contributed by atoms with Gasteiger partial charge in [-0.1, -0.05) is 38.1 Å². The molecule has 0 saturated heterocycles. The molecule has 2 heteroatoms. The van der Waals surface area contributed by atoms with Crippen molar-refractivity contribution in [3.8, 4) is 0 Å². The van der Waals surface area contributed by atoms with Gasteiger partial charge in [-0.3, -0.25) is 4.98 Å². The van der Waals surface area contributed by atoms with Crippen molar-refractivity contribution >= 4 is 16.5 Å². The van der Waals surface area contributed by atoms with Gasteiger partial charge in [0.05, 0.1) is 11.6 Å². The Morgan fingerprint density at radius 1 is 1.26 bits per heavy atom. The van der Waals surface area contributed by atoms with E-state index in [1.165, 1.54) is 5.57 Å². The third kappa shape index (κ3) is 2.54. The van der Waals surface area contributed by atoms with Gasteiger partial charge in [0.15, 0.2) is 0 Å². The molecule has 1 N–H and O–H groups in total. The van der Waals surface area contributed by atoms with E-state index in [1.54, 1.807) is 0 Å². The molecule has 1 atom stereocenters. The Kier molecular flexibility index (Phi) is 2.90. The van der Waals surface area contributed by atoms with Crippen LogP contribution < -0.4 is 0 Å². The summed E-state index contributed by atoms with van der Waals surface area (Å²) in [5.74, 6) is 0. The van der Waals surface area contributed by atoms with Gasteiger partial charge < -0.3 is 5.11 Å². The van der Waals surface area contributed by atoms with Crippen molar-refractivity contribution in [2.75, 3.05) is 0 Å². The highest BCUT2D eigenvalue weighted by Crippen LogP contribution is 2.39. The predicted octanol–water partition coefficient (Wildman–Crippen LogP) is 3.80. The monoisotopic (exact) mass is 253 g/mol. The Morgan fingerprint density at radius 3 is 2.84 bits per heavy atom. The van der Waals surface area contributed by atoms with Crippen molar-refractivity contribution < 1.29 is 5.11 Å². The van der Waals surface area contributed by atoms with E-state index in [9.17, 15) is 5.11 Å². The average Bonchev–Trinajstić information content (AvgIpc) is 2.36. The molecule has 0 bridgehead atoms. The number of fused-ring (bicyclic) bond motifs is 1. The fraction of sp³-hybridized carbons (Fsp3) is 0.353. The van der Waals surface area contributed by atoms with Crippen LogP contribution >= 0.6 is 0 Å². The first-order valence-electron chi connectivity index (χ1n) is 6.77. The van der Waals surface area contributed by atoms with Crippen LogP contribution in [0.15, 0.2) is 42.6 Å². The van der Waals surface area contributed by atoms with Gasteiger partial charge in [-0.25, -0.2) is 0 Å². The van der Waals surface area contributed by atoms with E-state index in [-0.39, 0.29) is 11.5 Å². The van der Waals surface area contributed by atoms with Crippen LogP contribution in [0.1, 0.15) is 32.3 Å². The molecule has 98 valence electrons. The molecule has 1 aliphatic carbocycles. The molecule has 0 fully saturated rings. The van der Waals surface area contributed by atoms with E-state index in [4.69, 9.17) is 0 Å². The van der Waals surface area contributed by atoms with Gasteiger partial charge in [0, 0.05) is 11.6 Å². The lowest BCUT2D eigenvalue weighted by atomic mass is 9.75. The van der Waals surface area contributed by atoms with Gasteiger partial charge in [0.25, 0.3) is 0 Å². The summed E-state index contributed by atoms with van der Waals surface area (Å²) in [4.78, 5) is 4.51. The third-order valence-corrected chi connectivity index (χ3v) is 3.79. The molecule has 1 aliphatic rings. The largest absolute Gasteiger partial charge is 0.389 e. The number of nitrogens with zero attached hydrogens (tertiary/aromatic N) is 1. The zero-order valence-corrected chi connectivity index (χ0v) is 11.4. The second-order valence-electron chi connectivity index (χ2n) is 6.22. The van der Waals surface area contributed by atoms with Gasteiger partial charge in [0.1, 0.15) is 0 Å². The molecule has 3 rings (SSSR count). The summed E-state index contributed by atoms with van der Waals surface area (Å²) in [5.41, 5.74) is 3.50. The highest BCUT2D eigenvalue weighted by Gasteiger charge is 2.28. The Bertz CT molecular complexity index is 643. The number of pyridine rings is 1. The van der Waals surface area contributed by atoms with Crippen LogP contribution in [0.2, 0.25) is 0 Å². The van der Waals surface area contributed by atoms with Gasteiger partial charge in [-0.15, -0.1) is 0 Å².